The minimum atomic E-state index is -0.663. The predicted octanol–water partition coefficient (Wildman–Crippen LogP) is 3.33. The second-order valence-electron chi connectivity index (χ2n) is 3.87. The third-order valence-corrected chi connectivity index (χ3v) is 2.58. The number of benzene rings is 2. The fourth-order valence-electron chi connectivity index (χ4n) is 1.53. The average Bonchev–Trinajstić information content (AvgIpc) is 2.48. The lowest BCUT2D eigenvalue weighted by molar-refractivity contribution is 0.0398. The molecule has 0 aromatic heterocycles. The van der Waals surface area contributed by atoms with Crippen molar-refractivity contribution in [3.05, 3.63) is 77.9 Å². The molecule has 0 saturated carbocycles. The molecule has 0 aliphatic heterocycles. The molecule has 0 saturated heterocycles. The van der Waals surface area contributed by atoms with Gasteiger partial charge >= 0.3 is 11.9 Å². The van der Waals surface area contributed by atoms with Crippen LogP contribution in [-0.2, 0) is 4.74 Å². The number of esters is 2. The van der Waals surface area contributed by atoms with Gasteiger partial charge in [0.2, 0.25) is 0 Å². The monoisotopic (exact) mass is 252 g/mol. The summed E-state index contributed by atoms with van der Waals surface area (Å²) in [6.07, 6.45) is 1.67. The number of carbonyl (C=O) groups excluding carboxylic acids is 2. The van der Waals surface area contributed by atoms with Crippen LogP contribution in [0.2, 0.25) is 0 Å². The second kappa shape index (κ2) is 5.78. The first-order valence-electron chi connectivity index (χ1n) is 5.75. The standard InChI is InChI=1S/C16H12O3/c1-2-12-8-10-14(11-9-12)16(18)19-15(17)13-6-4-3-5-7-13/h2-11H,1H2. The summed E-state index contributed by atoms with van der Waals surface area (Å²) in [5, 5.41) is 0. The van der Waals surface area contributed by atoms with Crippen molar-refractivity contribution in [2.24, 2.45) is 0 Å². The molecule has 19 heavy (non-hydrogen) atoms. The van der Waals surface area contributed by atoms with Crippen LogP contribution in [0.5, 0.6) is 0 Å². The predicted molar refractivity (Wildman–Crippen MR) is 72.7 cm³/mol. The van der Waals surface area contributed by atoms with Gasteiger partial charge in [0, 0.05) is 0 Å². The molecular weight excluding hydrogens is 240 g/mol. The molecule has 0 bridgehead atoms. The Bertz CT molecular complexity index is 598. The molecule has 94 valence electrons. The van der Waals surface area contributed by atoms with E-state index in [0.29, 0.717) is 11.1 Å². The van der Waals surface area contributed by atoms with Gasteiger partial charge < -0.3 is 4.74 Å². The Morgan fingerprint density at radius 1 is 0.842 bits per heavy atom. The highest BCUT2D eigenvalue weighted by Gasteiger charge is 2.14. The summed E-state index contributed by atoms with van der Waals surface area (Å²) in [7, 11) is 0. The van der Waals surface area contributed by atoms with E-state index in [9.17, 15) is 9.59 Å². The van der Waals surface area contributed by atoms with E-state index < -0.39 is 11.9 Å². The molecule has 0 aliphatic carbocycles. The van der Waals surface area contributed by atoms with Crippen LogP contribution in [0.1, 0.15) is 26.3 Å². The summed E-state index contributed by atoms with van der Waals surface area (Å²) in [5.41, 5.74) is 1.57. The van der Waals surface area contributed by atoms with Gasteiger partial charge in [0.1, 0.15) is 0 Å². The van der Waals surface area contributed by atoms with E-state index in [1.54, 1.807) is 60.7 Å². The molecule has 0 N–H and O–H groups in total. The van der Waals surface area contributed by atoms with Crippen LogP contribution in [0.4, 0.5) is 0 Å². The van der Waals surface area contributed by atoms with E-state index in [2.05, 4.69) is 6.58 Å². The lowest BCUT2D eigenvalue weighted by atomic mass is 10.1. The van der Waals surface area contributed by atoms with Gasteiger partial charge in [-0.3, -0.25) is 0 Å². The molecule has 3 nitrogen and oxygen atoms in total. The molecule has 0 aliphatic rings. The maximum atomic E-state index is 11.8. The molecule has 2 aromatic carbocycles. The zero-order valence-corrected chi connectivity index (χ0v) is 10.2. The van der Waals surface area contributed by atoms with E-state index in [-0.39, 0.29) is 0 Å². The normalized spacial score (nSPS) is 9.68. The number of rotatable bonds is 3. The van der Waals surface area contributed by atoms with Crippen molar-refractivity contribution in [1.82, 2.24) is 0 Å². The molecule has 0 heterocycles. The average molecular weight is 252 g/mol. The van der Waals surface area contributed by atoms with Crippen LogP contribution < -0.4 is 0 Å². The van der Waals surface area contributed by atoms with Crippen molar-refractivity contribution in [3.63, 3.8) is 0 Å². The van der Waals surface area contributed by atoms with Crippen LogP contribution in [0.15, 0.2) is 61.2 Å². The van der Waals surface area contributed by atoms with Crippen LogP contribution in [0.3, 0.4) is 0 Å². The molecule has 0 atom stereocenters. The zero-order chi connectivity index (χ0) is 13.7. The Morgan fingerprint density at radius 2 is 1.37 bits per heavy atom. The summed E-state index contributed by atoms with van der Waals surface area (Å²) in [6.45, 7) is 3.62. The highest BCUT2D eigenvalue weighted by Crippen LogP contribution is 2.09. The van der Waals surface area contributed by atoms with Gasteiger partial charge in [-0.05, 0) is 29.8 Å². The lowest BCUT2D eigenvalue weighted by Crippen LogP contribution is -2.12. The molecule has 0 amide bonds. The number of carbonyl (C=O) groups is 2. The third kappa shape index (κ3) is 3.16. The molecule has 0 radical (unpaired) electrons. The van der Waals surface area contributed by atoms with Crippen LogP contribution in [0, 0.1) is 0 Å². The van der Waals surface area contributed by atoms with Gasteiger partial charge in [0.05, 0.1) is 11.1 Å². The van der Waals surface area contributed by atoms with E-state index >= 15 is 0 Å². The molecule has 2 rings (SSSR count). The Morgan fingerprint density at radius 3 is 1.89 bits per heavy atom. The largest absolute Gasteiger partial charge is 0.386 e. The first-order chi connectivity index (χ1) is 9.20. The maximum Gasteiger partial charge on any atom is 0.346 e. The lowest BCUT2D eigenvalue weighted by Gasteiger charge is -2.03. The molecule has 0 fully saturated rings. The van der Waals surface area contributed by atoms with Gasteiger partial charge in [-0.15, -0.1) is 0 Å². The number of ether oxygens (including phenoxy) is 1. The van der Waals surface area contributed by atoms with Crippen molar-refractivity contribution >= 4 is 18.0 Å². The topological polar surface area (TPSA) is 43.4 Å². The van der Waals surface area contributed by atoms with Gasteiger partial charge in [0.15, 0.2) is 0 Å². The van der Waals surface area contributed by atoms with Gasteiger partial charge in [-0.25, -0.2) is 9.59 Å². The second-order valence-corrected chi connectivity index (χ2v) is 3.87. The van der Waals surface area contributed by atoms with Gasteiger partial charge in [-0.2, -0.15) is 0 Å². The molecular formula is C16H12O3. The van der Waals surface area contributed by atoms with Crippen LogP contribution in [0.25, 0.3) is 6.08 Å². The molecule has 2 aromatic rings. The highest BCUT2D eigenvalue weighted by atomic mass is 16.6. The summed E-state index contributed by atoms with van der Waals surface area (Å²) in [4.78, 5) is 23.5. The summed E-state index contributed by atoms with van der Waals surface area (Å²) < 4.78 is 4.79. The van der Waals surface area contributed by atoms with Gasteiger partial charge in [-0.1, -0.05) is 43.0 Å². The third-order valence-electron chi connectivity index (χ3n) is 2.58. The Hall–Kier alpha value is -2.68. The quantitative estimate of drug-likeness (QED) is 0.621. The first kappa shape index (κ1) is 12.8. The van der Waals surface area contributed by atoms with E-state index in [1.807, 2.05) is 0 Å². The summed E-state index contributed by atoms with van der Waals surface area (Å²) >= 11 is 0. The molecule has 3 heteroatoms. The number of hydrogen-bond acceptors (Lipinski definition) is 3. The first-order valence-corrected chi connectivity index (χ1v) is 5.75. The SMILES string of the molecule is C=Cc1ccc(C(=O)OC(=O)c2ccccc2)cc1. The van der Waals surface area contributed by atoms with Gasteiger partial charge in [0.25, 0.3) is 0 Å². The number of hydrogen-bond donors (Lipinski definition) is 0. The Balaban J connectivity index is 2.08. The molecule has 0 unspecified atom stereocenters. The smallest absolute Gasteiger partial charge is 0.346 e. The van der Waals surface area contributed by atoms with Crippen molar-refractivity contribution in [1.29, 1.82) is 0 Å². The zero-order valence-electron chi connectivity index (χ0n) is 10.2. The summed E-state index contributed by atoms with van der Waals surface area (Å²) in [6, 6.07) is 15.0. The van der Waals surface area contributed by atoms with E-state index in [0.717, 1.165) is 5.56 Å². The Kier molecular flexibility index (Phi) is 3.88. The van der Waals surface area contributed by atoms with Crippen LogP contribution >= 0.6 is 0 Å². The minimum Gasteiger partial charge on any atom is -0.386 e. The van der Waals surface area contributed by atoms with E-state index in [4.69, 9.17) is 4.74 Å². The maximum absolute atomic E-state index is 11.8. The van der Waals surface area contributed by atoms with Crippen LogP contribution in [-0.4, -0.2) is 11.9 Å². The highest BCUT2D eigenvalue weighted by molar-refractivity contribution is 6.02. The Labute approximate surface area is 111 Å². The van der Waals surface area contributed by atoms with E-state index in [1.165, 1.54) is 0 Å². The fraction of sp³-hybridized carbons (Fsp3) is 0. The summed E-state index contributed by atoms with van der Waals surface area (Å²) in [5.74, 6) is -1.32. The van der Waals surface area contributed by atoms with Crippen molar-refractivity contribution in [2.75, 3.05) is 0 Å². The van der Waals surface area contributed by atoms with Crippen molar-refractivity contribution in [3.8, 4) is 0 Å². The van der Waals surface area contributed by atoms with Crippen molar-refractivity contribution < 1.29 is 14.3 Å². The minimum absolute atomic E-state index is 0.329. The molecule has 0 spiro atoms. The van der Waals surface area contributed by atoms with Crippen molar-refractivity contribution in [2.45, 2.75) is 0 Å². The fourth-order valence-corrected chi connectivity index (χ4v) is 1.53.